The first kappa shape index (κ1) is 23.8. The molecule has 0 aliphatic heterocycles. The average molecular weight is 494 g/mol. The highest BCUT2D eigenvalue weighted by Gasteiger charge is 2.19. The van der Waals surface area contributed by atoms with E-state index < -0.39 is 19.0 Å². The fourth-order valence-electron chi connectivity index (χ4n) is 3.63. The van der Waals surface area contributed by atoms with Crippen molar-refractivity contribution in [3.05, 3.63) is 76.3 Å². The highest BCUT2D eigenvalue weighted by Crippen LogP contribution is 2.36. The highest BCUT2D eigenvalue weighted by molar-refractivity contribution is 7.69. The van der Waals surface area contributed by atoms with Crippen molar-refractivity contribution in [3.8, 4) is 17.3 Å². The Morgan fingerprint density at radius 1 is 1.15 bits per heavy atom. The van der Waals surface area contributed by atoms with E-state index in [1.54, 1.807) is 39.4 Å². The number of rotatable bonds is 5. The molecule has 34 heavy (non-hydrogen) atoms. The Bertz CT molecular complexity index is 1490. The summed E-state index contributed by atoms with van der Waals surface area (Å²) >= 11 is 6.62. The largest absolute Gasteiger partial charge is 0.375 e. The molecule has 0 fully saturated rings. The third-order valence-corrected chi connectivity index (χ3v) is 7.31. The maximum absolute atomic E-state index is 14.5. The number of hydrogen-bond acceptors (Lipinski definition) is 6. The fourth-order valence-corrected chi connectivity index (χ4v) is 4.58. The normalized spacial score (nSPS) is 12.4. The molecule has 1 atom stereocenters. The van der Waals surface area contributed by atoms with Crippen molar-refractivity contribution >= 4 is 40.9 Å². The Hall–Kier alpha value is -3.33. The number of hydrogen-bond donors (Lipinski definition) is 1. The lowest BCUT2D eigenvalue weighted by molar-refractivity contribution is 0.587. The van der Waals surface area contributed by atoms with Crippen LogP contribution in [0.3, 0.4) is 0 Å². The summed E-state index contributed by atoms with van der Waals surface area (Å²) in [5.74, 6) is -0.422. The monoisotopic (exact) mass is 493 g/mol. The number of benzene rings is 1. The second-order valence-electron chi connectivity index (χ2n) is 8.42. The van der Waals surface area contributed by atoms with Gasteiger partial charge in [0.2, 0.25) is 0 Å². The topological polar surface area (TPSA) is 91.6 Å². The van der Waals surface area contributed by atoms with Crippen LogP contribution in [-0.2, 0) is 4.57 Å². The zero-order valence-electron chi connectivity index (χ0n) is 19.1. The van der Waals surface area contributed by atoms with Gasteiger partial charge in [0.05, 0.1) is 50.7 Å². The summed E-state index contributed by atoms with van der Waals surface area (Å²) in [6.45, 7) is 6.93. The lowest BCUT2D eigenvalue weighted by atomic mass is 10.0. The van der Waals surface area contributed by atoms with E-state index in [1.807, 2.05) is 24.3 Å². The molecule has 0 spiro atoms. The maximum Gasteiger partial charge on any atom is 0.128 e. The molecule has 3 heterocycles. The average Bonchev–Trinajstić information content (AvgIpc) is 2.81. The van der Waals surface area contributed by atoms with Gasteiger partial charge in [-0.15, -0.1) is 0 Å². The van der Waals surface area contributed by atoms with Gasteiger partial charge in [-0.3, -0.25) is 4.98 Å². The van der Waals surface area contributed by atoms with Crippen molar-refractivity contribution in [3.63, 3.8) is 0 Å². The smallest absolute Gasteiger partial charge is 0.128 e. The Morgan fingerprint density at radius 3 is 2.56 bits per heavy atom. The molecule has 0 amide bonds. The van der Waals surface area contributed by atoms with Gasteiger partial charge in [0.1, 0.15) is 18.5 Å². The van der Waals surface area contributed by atoms with Gasteiger partial charge in [0.25, 0.3) is 0 Å². The van der Waals surface area contributed by atoms with E-state index in [0.717, 1.165) is 5.56 Å². The van der Waals surface area contributed by atoms with Crippen LogP contribution in [0, 0.1) is 24.1 Å². The van der Waals surface area contributed by atoms with E-state index in [1.165, 1.54) is 18.2 Å². The van der Waals surface area contributed by atoms with Crippen LogP contribution < -0.4 is 10.8 Å². The van der Waals surface area contributed by atoms with E-state index in [0.29, 0.717) is 49.7 Å². The van der Waals surface area contributed by atoms with Crippen LogP contribution in [-0.4, -0.2) is 28.3 Å². The van der Waals surface area contributed by atoms with Crippen LogP contribution in [0.1, 0.15) is 29.8 Å². The summed E-state index contributed by atoms with van der Waals surface area (Å²) in [4.78, 5) is 13.7. The zero-order valence-corrected chi connectivity index (χ0v) is 20.7. The third-order valence-electron chi connectivity index (χ3n) is 5.48. The number of aromatic nitrogens is 3. The first-order chi connectivity index (χ1) is 16.1. The molecular weight excluding hydrogens is 472 g/mol. The standard InChI is InChI=1S/C25H22ClFN5OP/c1-14(18-11-16(12-28)5-7-19(18)27)31-25-23(26)15(2)30-21-9-8-20(32-24(21)25)17-6-10-22(29-13-17)34(3,4)33/h5-11,13-14H,1-4H3,(H,30,31)/t14-/m1/s1. The molecule has 6 nitrogen and oxygen atoms in total. The summed E-state index contributed by atoms with van der Waals surface area (Å²) in [6, 6.07) is 13.0. The van der Waals surface area contributed by atoms with E-state index in [-0.39, 0.29) is 0 Å². The van der Waals surface area contributed by atoms with Crippen LogP contribution in [0.15, 0.2) is 48.7 Å². The predicted octanol–water partition coefficient (Wildman–Crippen LogP) is 6.09. The van der Waals surface area contributed by atoms with Crippen molar-refractivity contribution in [2.24, 2.45) is 0 Å². The molecule has 4 aromatic rings. The molecule has 0 unspecified atom stereocenters. The van der Waals surface area contributed by atoms with Gasteiger partial charge in [-0.1, -0.05) is 11.6 Å². The Kier molecular flexibility index (Phi) is 6.40. The predicted molar refractivity (Wildman–Crippen MR) is 135 cm³/mol. The molecule has 4 rings (SSSR count). The molecule has 3 aromatic heterocycles. The number of anilines is 1. The number of nitrogens with one attached hydrogen (secondary N) is 1. The van der Waals surface area contributed by atoms with Crippen LogP contribution in [0.4, 0.5) is 10.1 Å². The summed E-state index contributed by atoms with van der Waals surface area (Å²) in [7, 11) is -2.46. The van der Waals surface area contributed by atoms with Gasteiger partial charge in [0.15, 0.2) is 0 Å². The van der Waals surface area contributed by atoms with Gasteiger partial charge in [0, 0.05) is 17.3 Å². The van der Waals surface area contributed by atoms with Crippen molar-refractivity contribution in [1.29, 1.82) is 5.26 Å². The lowest BCUT2D eigenvalue weighted by Crippen LogP contribution is -2.11. The van der Waals surface area contributed by atoms with Crippen molar-refractivity contribution in [2.45, 2.75) is 19.9 Å². The van der Waals surface area contributed by atoms with E-state index in [9.17, 15) is 14.2 Å². The maximum atomic E-state index is 14.5. The number of nitriles is 1. The zero-order chi connectivity index (χ0) is 24.6. The molecule has 0 aliphatic rings. The molecule has 0 saturated carbocycles. The summed E-state index contributed by atoms with van der Waals surface area (Å²) in [6.07, 6.45) is 1.64. The van der Waals surface area contributed by atoms with Gasteiger partial charge < -0.3 is 9.88 Å². The Morgan fingerprint density at radius 2 is 1.91 bits per heavy atom. The Balaban J connectivity index is 1.79. The quantitative estimate of drug-likeness (QED) is 0.338. The number of aryl methyl sites for hydroxylation is 1. The third kappa shape index (κ3) is 4.65. The number of pyridine rings is 3. The van der Waals surface area contributed by atoms with Crippen LogP contribution in [0.25, 0.3) is 22.3 Å². The van der Waals surface area contributed by atoms with Gasteiger partial charge in [-0.25, -0.2) is 14.4 Å². The molecule has 172 valence electrons. The van der Waals surface area contributed by atoms with Gasteiger partial charge >= 0.3 is 0 Å². The van der Waals surface area contributed by atoms with Crippen molar-refractivity contribution in [2.75, 3.05) is 18.6 Å². The lowest BCUT2D eigenvalue weighted by Gasteiger charge is -2.20. The van der Waals surface area contributed by atoms with E-state index in [2.05, 4.69) is 15.3 Å². The second-order valence-corrected chi connectivity index (χ2v) is 12.0. The minimum absolute atomic E-state index is 0.345. The minimum Gasteiger partial charge on any atom is -0.375 e. The molecular formula is C25H22ClFN5OP. The number of fused-ring (bicyclic) bond motifs is 1. The summed E-state index contributed by atoms with van der Waals surface area (Å²) < 4.78 is 26.8. The Labute approximate surface area is 202 Å². The highest BCUT2D eigenvalue weighted by atomic mass is 35.5. The number of halogens is 2. The van der Waals surface area contributed by atoms with Gasteiger partial charge in [-0.2, -0.15) is 5.26 Å². The molecule has 0 saturated heterocycles. The fraction of sp³-hybridized carbons (Fsp3) is 0.200. The SMILES string of the molecule is Cc1nc2ccc(-c3ccc(P(C)(C)=O)nc3)nc2c(N[C@H](C)c2cc(C#N)ccc2F)c1Cl. The van der Waals surface area contributed by atoms with Crippen LogP contribution in [0.5, 0.6) is 0 Å². The molecule has 1 aromatic carbocycles. The van der Waals surface area contributed by atoms with Crippen LogP contribution >= 0.6 is 18.7 Å². The van der Waals surface area contributed by atoms with Gasteiger partial charge in [-0.05, 0) is 69.6 Å². The molecule has 0 aliphatic carbocycles. The molecule has 0 bridgehead atoms. The van der Waals surface area contributed by atoms with Crippen LogP contribution in [0.2, 0.25) is 5.02 Å². The summed E-state index contributed by atoms with van der Waals surface area (Å²) in [5, 5.41) is 12.8. The second kappa shape index (κ2) is 9.13. The first-order valence-corrected chi connectivity index (χ1v) is 13.5. The molecule has 1 N–H and O–H groups in total. The number of nitrogens with zero attached hydrogens (tertiary/aromatic N) is 4. The summed E-state index contributed by atoms with van der Waals surface area (Å²) in [5.41, 5.74) is 4.94. The molecule has 0 radical (unpaired) electrons. The minimum atomic E-state index is -2.46. The molecule has 9 heteroatoms. The van der Waals surface area contributed by atoms with E-state index in [4.69, 9.17) is 16.6 Å². The first-order valence-electron chi connectivity index (χ1n) is 10.5. The van der Waals surface area contributed by atoms with Crippen molar-refractivity contribution < 1.29 is 8.96 Å². The van der Waals surface area contributed by atoms with E-state index >= 15 is 0 Å². The van der Waals surface area contributed by atoms with Crippen molar-refractivity contribution in [1.82, 2.24) is 15.0 Å².